The Kier molecular flexibility index (Phi) is 8.05. The van der Waals surface area contributed by atoms with Gasteiger partial charge in [0.15, 0.2) is 11.7 Å². The van der Waals surface area contributed by atoms with Crippen molar-refractivity contribution in [2.75, 3.05) is 13.6 Å². The highest BCUT2D eigenvalue weighted by atomic mass is 127. The lowest BCUT2D eigenvalue weighted by atomic mass is 10.2. The lowest BCUT2D eigenvalue weighted by Crippen LogP contribution is -2.40. The van der Waals surface area contributed by atoms with Gasteiger partial charge in [0.05, 0.1) is 5.01 Å². The molecule has 9 heteroatoms. The first-order chi connectivity index (χ1) is 10.4. The van der Waals surface area contributed by atoms with Crippen molar-refractivity contribution >= 4 is 41.3 Å². The van der Waals surface area contributed by atoms with Crippen LogP contribution in [-0.2, 0) is 12.6 Å². The van der Waals surface area contributed by atoms with Gasteiger partial charge in [-0.3, -0.25) is 4.99 Å². The first kappa shape index (κ1) is 20.5. The summed E-state index contributed by atoms with van der Waals surface area (Å²) in [6.45, 7) is 2.68. The number of thiazole rings is 1. The third-order valence-electron chi connectivity index (χ3n) is 3.60. The number of nitrogens with one attached hydrogen (secondary N) is 2. The molecule has 2 rings (SSSR count). The molecule has 132 valence electrons. The summed E-state index contributed by atoms with van der Waals surface area (Å²) >= 11 is 1.04. The molecule has 1 fully saturated rings. The fraction of sp³-hybridized carbons (Fsp3) is 0.714. The molecule has 1 saturated carbocycles. The Hall–Kier alpha value is -0.580. The Morgan fingerprint density at radius 2 is 2.22 bits per heavy atom. The van der Waals surface area contributed by atoms with Crippen LogP contribution in [0.25, 0.3) is 0 Å². The Labute approximate surface area is 155 Å². The van der Waals surface area contributed by atoms with Crippen molar-refractivity contribution < 1.29 is 13.2 Å². The minimum Gasteiger partial charge on any atom is -0.356 e. The third-order valence-corrected chi connectivity index (χ3v) is 4.51. The molecule has 0 saturated heterocycles. The molecule has 0 aliphatic heterocycles. The second kappa shape index (κ2) is 9.05. The van der Waals surface area contributed by atoms with Crippen molar-refractivity contribution in [1.82, 2.24) is 15.6 Å². The molecular weight excluding hydrogens is 440 g/mol. The molecule has 1 aromatic rings. The average Bonchev–Trinajstić information content (AvgIpc) is 2.99. The minimum atomic E-state index is -4.36. The molecule has 0 spiro atoms. The standard InChI is InChI=1S/C14H21F3N4S.HI/c1-3-4-9-7-10(9)20-13(18-2)19-6-5-12-21-11(8-22-12)14(15,16)17;/h8-10H,3-7H2,1-2H3,(H2,18,19,20);1H. The van der Waals surface area contributed by atoms with Gasteiger partial charge in [-0.15, -0.1) is 35.3 Å². The number of hydrogen-bond donors (Lipinski definition) is 2. The number of rotatable bonds is 6. The number of aromatic nitrogens is 1. The number of halogens is 4. The molecular formula is C14H22F3IN4S. The first-order valence-electron chi connectivity index (χ1n) is 7.42. The van der Waals surface area contributed by atoms with Gasteiger partial charge < -0.3 is 10.6 Å². The van der Waals surface area contributed by atoms with E-state index in [1.165, 1.54) is 12.8 Å². The summed E-state index contributed by atoms with van der Waals surface area (Å²) in [5.74, 6) is 1.42. The minimum absolute atomic E-state index is 0. The van der Waals surface area contributed by atoms with Gasteiger partial charge in [-0.25, -0.2) is 4.98 Å². The van der Waals surface area contributed by atoms with E-state index in [4.69, 9.17) is 0 Å². The van der Waals surface area contributed by atoms with Gasteiger partial charge in [0.25, 0.3) is 0 Å². The van der Waals surface area contributed by atoms with Crippen LogP contribution in [-0.4, -0.2) is 30.6 Å². The van der Waals surface area contributed by atoms with E-state index in [-0.39, 0.29) is 24.0 Å². The predicted molar refractivity (Wildman–Crippen MR) is 97.5 cm³/mol. The zero-order chi connectivity index (χ0) is 16.2. The van der Waals surface area contributed by atoms with Crippen molar-refractivity contribution in [1.29, 1.82) is 0 Å². The molecule has 23 heavy (non-hydrogen) atoms. The average molecular weight is 462 g/mol. The molecule has 0 amide bonds. The largest absolute Gasteiger partial charge is 0.434 e. The van der Waals surface area contributed by atoms with Gasteiger partial charge in [0.2, 0.25) is 0 Å². The van der Waals surface area contributed by atoms with E-state index < -0.39 is 11.9 Å². The van der Waals surface area contributed by atoms with Crippen LogP contribution in [0.3, 0.4) is 0 Å². The summed E-state index contributed by atoms with van der Waals surface area (Å²) in [6.07, 6.45) is -0.352. The molecule has 4 nitrogen and oxygen atoms in total. The van der Waals surface area contributed by atoms with Gasteiger partial charge in [-0.05, 0) is 18.8 Å². The summed E-state index contributed by atoms with van der Waals surface area (Å²) < 4.78 is 37.4. The van der Waals surface area contributed by atoms with Crippen LogP contribution in [0.4, 0.5) is 13.2 Å². The Bertz CT molecular complexity index is 518. The van der Waals surface area contributed by atoms with Crippen molar-refractivity contribution in [2.24, 2.45) is 10.9 Å². The number of aliphatic imine (C=N–C) groups is 1. The fourth-order valence-electron chi connectivity index (χ4n) is 2.33. The molecule has 2 unspecified atom stereocenters. The maximum absolute atomic E-state index is 12.5. The first-order valence-corrected chi connectivity index (χ1v) is 8.30. The SMILES string of the molecule is CCCC1CC1NC(=NC)NCCc1nc(C(F)(F)F)cs1.I. The van der Waals surface area contributed by atoms with Crippen molar-refractivity contribution in [3.63, 3.8) is 0 Å². The molecule has 1 aliphatic carbocycles. The van der Waals surface area contributed by atoms with Gasteiger partial charge in [0.1, 0.15) is 0 Å². The van der Waals surface area contributed by atoms with E-state index in [2.05, 4.69) is 27.5 Å². The Morgan fingerprint density at radius 3 is 2.78 bits per heavy atom. The van der Waals surface area contributed by atoms with Crippen LogP contribution in [0.2, 0.25) is 0 Å². The van der Waals surface area contributed by atoms with E-state index in [0.717, 1.165) is 29.1 Å². The van der Waals surface area contributed by atoms with E-state index in [1.807, 2.05) is 0 Å². The second-order valence-electron chi connectivity index (χ2n) is 5.41. The lowest BCUT2D eigenvalue weighted by Gasteiger charge is -2.11. The molecule has 0 aromatic carbocycles. The van der Waals surface area contributed by atoms with Crippen LogP contribution in [0.15, 0.2) is 10.4 Å². The van der Waals surface area contributed by atoms with Gasteiger partial charge >= 0.3 is 6.18 Å². The van der Waals surface area contributed by atoms with Gasteiger partial charge in [0, 0.05) is 31.4 Å². The van der Waals surface area contributed by atoms with Crippen LogP contribution in [0, 0.1) is 5.92 Å². The maximum Gasteiger partial charge on any atom is 0.434 e. The van der Waals surface area contributed by atoms with E-state index in [0.29, 0.717) is 30.0 Å². The lowest BCUT2D eigenvalue weighted by molar-refractivity contribution is -0.140. The van der Waals surface area contributed by atoms with E-state index in [1.54, 1.807) is 7.05 Å². The molecule has 1 heterocycles. The van der Waals surface area contributed by atoms with Gasteiger partial charge in [-0.2, -0.15) is 13.2 Å². The Balaban J connectivity index is 0.00000264. The Morgan fingerprint density at radius 1 is 1.48 bits per heavy atom. The molecule has 0 bridgehead atoms. The molecule has 2 atom stereocenters. The van der Waals surface area contributed by atoms with Gasteiger partial charge in [-0.1, -0.05) is 13.3 Å². The highest BCUT2D eigenvalue weighted by Gasteiger charge is 2.36. The van der Waals surface area contributed by atoms with E-state index in [9.17, 15) is 13.2 Å². The zero-order valence-electron chi connectivity index (χ0n) is 13.1. The highest BCUT2D eigenvalue weighted by Crippen LogP contribution is 2.34. The topological polar surface area (TPSA) is 49.3 Å². The van der Waals surface area contributed by atoms with Crippen LogP contribution in [0.5, 0.6) is 0 Å². The summed E-state index contributed by atoms with van der Waals surface area (Å²) in [5.41, 5.74) is -0.810. The number of guanidine groups is 1. The van der Waals surface area contributed by atoms with Crippen LogP contribution >= 0.6 is 35.3 Å². The fourth-order valence-corrected chi connectivity index (χ4v) is 3.13. The molecule has 1 aliphatic rings. The number of nitrogens with zero attached hydrogens (tertiary/aromatic N) is 2. The number of alkyl halides is 3. The molecule has 2 N–H and O–H groups in total. The normalized spacial score (nSPS) is 20.8. The zero-order valence-corrected chi connectivity index (χ0v) is 16.3. The monoisotopic (exact) mass is 462 g/mol. The third kappa shape index (κ3) is 6.44. The maximum atomic E-state index is 12.5. The van der Waals surface area contributed by atoms with Crippen LogP contribution in [0.1, 0.15) is 36.9 Å². The quantitative estimate of drug-likeness (QED) is 0.386. The predicted octanol–water partition coefficient (Wildman–Crippen LogP) is 3.68. The molecule has 0 radical (unpaired) electrons. The summed E-state index contributed by atoms with van der Waals surface area (Å²) in [6, 6.07) is 0.475. The van der Waals surface area contributed by atoms with Crippen LogP contribution < -0.4 is 10.6 Å². The van der Waals surface area contributed by atoms with Crippen molar-refractivity contribution in [2.45, 2.75) is 44.8 Å². The van der Waals surface area contributed by atoms with Crippen molar-refractivity contribution in [3.05, 3.63) is 16.1 Å². The summed E-state index contributed by atoms with van der Waals surface area (Å²) in [5, 5.41) is 7.99. The van der Waals surface area contributed by atoms with E-state index >= 15 is 0 Å². The second-order valence-corrected chi connectivity index (χ2v) is 6.35. The summed E-state index contributed by atoms with van der Waals surface area (Å²) in [4.78, 5) is 7.74. The highest BCUT2D eigenvalue weighted by molar-refractivity contribution is 14.0. The molecule has 1 aromatic heterocycles. The number of hydrogen-bond acceptors (Lipinski definition) is 3. The van der Waals surface area contributed by atoms with Crippen molar-refractivity contribution in [3.8, 4) is 0 Å². The summed E-state index contributed by atoms with van der Waals surface area (Å²) in [7, 11) is 1.69. The smallest absolute Gasteiger partial charge is 0.356 e.